The number of amides is 2. The number of fused-ring (bicyclic) bond motifs is 1. The van der Waals surface area contributed by atoms with Crippen LogP contribution in [-0.4, -0.2) is 62.4 Å². The van der Waals surface area contributed by atoms with Crippen molar-refractivity contribution in [3.8, 4) is 17.1 Å². The number of ether oxygens (including phenoxy) is 2. The number of imidazole rings is 1. The Bertz CT molecular complexity index is 1320. The molecule has 0 aliphatic carbocycles. The number of nitrogens with zero attached hydrogens (tertiary/aromatic N) is 5. The summed E-state index contributed by atoms with van der Waals surface area (Å²) in [4.78, 5) is 32.0. The van der Waals surface area contributed by atoms with Gasteiger partial charge in [0.1, 0.15) is 11.2 Å². The Hall–Kier alpha value is -4.18. The van der Waals surface area contributed by atoms with Crippen LogP contribution in [0.15, 0.2) is 61.1 Å². The Balaban J connectivity index is 1.31. The van der Waals surface area contributed by atoms with Gasteiger partial charge in [-0.1, -0.05) is 30.3 Å². The van der Waals surface area contributed by atoms with Gasteiger partial charge in [-0.2, -0.15) is 5.10 Å². The molecular weight excluding hydrogens is 436 g/mol. The molecule has 174 valence electrons. The molecule has 1 aliphatic rings. The highest BCUT2D eigenvalue weighted by molar-refractivity contribution is 5.97. The second kappa shape index (κ2) is 9.36. The van der Waals surface area contributed by atoms with Crippen LogP contribution >= 0.6 is 0 Å². The molecule has 2 amide bonds. The molecule has 1 N–H and O–H groups in total. The standard InChI is InChI=1S/C24H24N6O4/c1-28-23(19(15-25-28)22(31)29-9-5-12-33-13-11-29)34-24(32)26-18-8-10-30-16-20(27-21(30)14-18)17-6-3-2-4-7-17/h2-4,6-8,10,14-16H,5,9,11-13H2,1H3,(H,26,32). The van der Waals surface area contributed by atoms with E-state index in [-0.39, 0.29) is 17.4 Å². The van der Waals surface area contributed by atoms with Crippen molar-refractivity contribution in [2.45, 2.75) is 6.42 Å². The molecule has 0 atom stereocenters. The number of rotatable bonds is 4. The zero-order valence-corrected chi connectivity index (χ0v) is 18.7. The van der Waals surface area contributed by atoms with E-state index in [4.69, 9.17) is 9.47 Å². The van der Waals surface area contributed by atoms with Crippen LogP contribution in [0.3, 0.4) is 0 Å². The molecule has 0 spiro atoms. The first kappa shape index (κ1) is 21.7. The third kappa shape index (κ3) is 4.48. The second-order valence-electron chi connectivity index (χ2n) is 7.93. The summed E-state index contributed by atoms with van der Waals surface area (Å²) in [5.41, 5.74) is 3.26. The van der Waals surface area contributed by atoms with E-state index >= 15 is 0 Å². The van der Waals surface area contributed by atoms with E-state index in [1.165, 1.54) is 10.9 Å². The highest BCUT2D eigenvalue weighted by atomic mass is 16.6. The first-order valence-corrected chi connectivity index (χ1v) is 11.0. The monoisotopic (exact) mass is 460 g/mol. The van der Waals surface area contributed by atoms with Gasteiger partial charge in [0, 0.05) is 56.5 Å². The third-order valence-electron chi connectivity index (χ3n) is 5.59. The molecule has 4 heterocycles. The van der Waals surface area contributed by atoms with Gasteiger partial charge in [-0.25, -0.2) is 14.5 Å². The van der Waals surface area contributed by atoms with E-state index < -0.39 is 6.09 Å². The largest absolute Gasteiger partial charge is 0.418 e. The molecule has 4 aromatic rings. The van der Waals surface area contributed by atoms with Gasteiger partial charge >= 0.3 is 6.09 Å². The van der Waals surface area contributed by atoms with Gasteiger partial charge in [-0.05, 0) is 12.5 Å². The van der Waals surface area contributed by atoms with E-state index in [9.17, 15) is 9.59 Å². The number of hydrogen-bond donors (Lipinski definition) is 1. The molecule has 0 radical (unpaired) electrons. The van der Waals surface area contributed by atoms with Gasteiger partial charge in [-0.15, -0.1) is 0 Å². The zero-order chi connectivity index (χ0) is 23.5. The second-order valence-corrected chi connectivity index (χ2v) is 7.93. The number of hydrogen-bond acceptors (Lipinski definition) is 6. The van der Waals surface area contributed by atoms with Crippen molar-refractivity contribution in [3.63, 3.8) is 0 Å². The number of pyridine rings is 1. The molecular formula is C24H24N6O4. The average Bonchev–Trinajstić information content (AvgIpc) is 3.31. The Morgan fingerprint density at radius 2 is 1.97 bits per heavy atom. The van der Waals surface area contributed by atoms with Gasteiger partial charge in [-0.3, -0.25) is 10.1 Å². The number of aryl methyl sites for hydroxylation is 1. The van der Waals surface area contributed by atoms with Crippen molar-refractivity contribution in [3.05, 3.63) is 66.6 Å². The number of carbonyl (C=O) groups excluding carboxylic acids is 2. The molecule has 1 saturated heterocycles. The van der Waals surface area contributed by atoms with Crippen LogP contribution in [0.5, 0.6) is 5.88 Å². The summed E-state index contributed by atoms with van der Waals surface area (Å²) in [6.45, 7) is 2.16. The van der Waals surface area contributed by atoms with Gasteiger partial charge in [0.05, 0.1) is 18.5 Å². The van der Waals surface area contributed by atoms with Crippen LogP contribution in [-0.2, 0) is 11.8 Å². The molecule has 0 saturated carbocycles. The van der Waals surface area contributed by atoms with E-state index in [2.05, 4.69) is 15.4 Å². The topological polar surface area (TPSA) is 103 Å². The van der Waals surface area contributed by atoms with Crippen LogP contribution in [0, 0.1) is 0 Å². The number of benzene rings is 1. The summed E-state index contributed by atoms with van der Waals surface area (Å²) in [5, 5.41) is 6.81. The Kier molecular flexibility index (Phi) is 5.96. The third-order valence-corrected chi connectivity index (χ3v) is 5.59. The van der Waals surface area contributed by atoms with Crippen LogP contribution in [0.1, 0.15) is 16.8 Å². The van der Waals surface area contributed by atoms with Crippen molar-refractivity contribution < 1.29 is 19.1 Å². The van der Waals surface area contributed by atoms with Crippen molar-refractivity contribution >= 4 is 23.3 Å². The molecule has 5 rings (SSSR count). The molecule has 0 bridgehead atoms. The Labute approximate surface area is 195 Å². The predicted molar refractivity (Wildman–Crippen MR) is 125 cm³/mol. The summed E-state index contributed by atoms with van der Waals surface area (Å²) in [7, 11) is 1.62. The minimum Gasteiger partial charge on any atom is -0.390 e. The van der Waals surface area contributed by atoms with Gasteiger partial charge in [0.25, 0.3) is 5.91 Å². The lowest BCUT2D eigenvalue weighted by Gasteiger charge is -2.19. The Morgan fingerprint density at radius 1 is 1.12 bits per heavy atom. The van der Waals surface area contributed by atoms with Crippen molar-refractivity contribution in [2.75, 3.05) is 31.6 Å². The lowest BCUT2D eigenvalue weighted by Crippen LogP contribution is -2.33. The molecule has 10 nitrogen and oxygen atoms in total. The highest BCUT2D eigenvalue weighted by Crippen LogP contribution is 2.23. The smallest absolute Gasteiger partial charge is 0.390 e. The summed E-state index contributed by atoms with van der Waals surface area (Å²) in [6.07, 6.45) is 5.18. The Morgan fingerprint density at radius 3 is 2.82 bits per heavy atom. The van der Waals surface area contributed by atoms with Gasteiger partial charge < -0.3 is 18.8 Å². The number of aromatic nitrogens is 4. The van der Waals surface area contributed by atoms with Crippen LogP contribution in [0.2, 0.25) is 0 Å². The summed E-state index contributed by atoms with van der Waals surface area (Å²) in [5.74, 6) is -0.158. The maximum Gasteiger partial charge on any atom is 0.418 e. The van der Waals surface area contributed by atoms with E-state index in [1.807, 2.05) is 47.1 Å². The molecule has 1 aromatic carbocycles. The first-order chi connectivity index (χ1) is 16.6. The van der Waals surface area contributed by atoms with E-state index in [0.29, 0.717) is 37.6 Å². The minimum absolute atomic E-state index is 0.0842. The quantitative estimate of drug-likeness (QED) is 0.502. The van der Waals surface area contributed by atoms with E-state index in [1.54, 1.807) is 24.1 Å². The summed E-state index contributed by atoms with van der Waals surface area (Å²) < 4.78 is 14.2. The van der Waals surface area contributed by atoms with Crippen molar-refractivity contribution in [1.29, 1.82) is 0 Å². The van der Waals surface area contributed by atoms with Crippen molar-refractivity contribution in [1.82, 2.24) is 24.1 Å². The lowest BCUT2D eigenvalue weighted by atomic mass is 10.2. The van der Waals surface area contributed by atoms with Crippen molar-refractivity contribution in [2.24, 2.45) is 7.05 Å². The fourth-order valence-electron chi connectivity index (χ4n) is 3.85. The van der Waals surface area contributed by atoms with Gasteiger partial charge in [0.15, 0.2) is 0 Å². The zero-order valence-electron chi connectivity index (χ0n) is 18.7. The van der Waals surface area contributed by atoms with Crippen LogP contribution < -0.4 is 10.1 Å². The fraction of sp³-hybridized carbons (Fsp3) is 0.250. The number of anilines is 1. The minimum atomic E-state index is -0.726. The number of carbonyl (C=O) groups is 2. The SMILES string of the molecule is Cn1ncc(C(=O)N2CCCOCC2)c1OC(=O)Nc1ccn2cc(-c3ccccc3)nc2c1. The number of nitrogens with one attached hydrogen (secondary N) is 1. The normalized spacial score (nSPS) is 14.1. The molecule has 1 aliphatic heterocycles. The van der Waals surface area contributed by atoms with Crippen LogP contribution in [0.25, 0.3) is 16.9 Å². The predicted octanol–water partition coefficient (Wildman–Crippen LogP) is 3.21. The molecule has 3 aromatic heterocycles. The molecule has 10 heteroatoms. The highest BCUT2D eigenvalue weighted by Gasteiger charge is 2.25. The first-order valence-electron chi connectivity index (χ1n) is 11.0. The molecule has 1 fully saturated rings. The maximum atomic E-state index is 13.0. The average molecular weight is 460 g/mol. The van der Waals surface area contributed by atoms with Gasteiger partial charge in [0.2, 0.25) is 5.88 Å². The van der Waals surface area contributed by atoms with E-state index in [0.717, 1.165) is 17.7 Å². The molecule has 0 unspecified atom stereocenters. The summed E-state index contributed by atoms with van der Waals surface area (Å²) in [6, 6.07) is 13.3. The van der Waals surface area contributed by atoms with Crippen LogP contribution in [0.4, 0.5) is 10.5 Å². The summed E-state index contributed by atoms with van der Waals surface area (Å²) >= 11 is 0. The molecule has 34 heavy (non-hydrogen) atoms. The lowest BCUT2D eigenvalue weighted by molar-refractivity contribution is 0.0738. The fourth-order valence-corrected chi connectivity index (χ4v) is 3.85. The maximum absolute atomic E-state index is 13.0.